The van der Waals surface area contributed by atoms with E-state index >= 15 is 0 Å². The van der Waals surface area contributed by atoms with Crippen LogP contribution in [-0.4, -0.2) is 110 Å². The number of rotatable bonds is 62. The van der Waals surface area contributed by atoms with Gasteiger partial charge in [0.25, 0.3) is 0 Å². The fourth-order valence-electron chi connectivity index (χ4n) is 11.6. The standard InChI is InChI=1S/C70H135NO10/c1-3-5-7-9-11-13-15-17-19-21-23-25-27-29-31-32-34-35-37-39-41-43-45-47-49-51-53-55-57-62(73)65(75)61(60-80-70-68(78)67(77)66(76)64(59-72)81-70)71-69(79)63(74)58-56-54-52-50-48-46-44-42-40-38-36-33-30-28-26-24-22-20-18-16-14-12-10-8-6-4-2/h24,26,30,33,61-68,70,72-78H,3-23,25,27-29,31-32,34-60H2,1-2H3,(H,71,79)/b26-24-,33-30-. The zero-order valence-electron chi connectivity index (χ0n) is 53.0. The van der Waals surface area contributed by atoms with E-state index in [1.807, 2.05) is 0 Å². The summed E-state index contributed by atoms with van der Waals surface area (Å²) in [5.74, 6) is -0.693. The Morgan fingerprint density at radius 1 is 0.432 bits per heavy atom. The molecule has 0 saturated carbocycles. The predicted molar refractivity (Wildman–Crippen MR) is 339 cm³/mol. The SMILES string of the molecule is CCCCCCCCCCC/C=C\C/C=C\CCCCCCCCCCCCC(O)C(=O)NC(COC1OC(CO)C(O)C(O)C1O)C(O)C(O)CCCCCCCCCCCCCCCCCCCCCCCCCCCCCC. The first kappa shape index (κ1) is 77.6. The number of carbonyl (C=O) groups is 1. The van der Waals surface area contributed by atoms with Crippen LogP contribution in [0, 0.1) is 0 Å². The van der Waals surface area contributed by atoms with Gasteiger partial charge in [0.05, 0.1) is 25.4 Å². The summed E-state index contributed by atoms with van der Waals surface area (Å²) in [5.41, 5.74) is 0. The van der Waals surface area contributed by atoms with E-state index in [-0.39, 0.29) is 6.42 Å². The molecule has 1 aliphatic rings. The number of carbonyl (C=O) groups excluding carboxylic acids is 1. The molecule has 11 nitrogen and oxygen atoms in total. The fraction of sp³-hybridized carbons (Fsp3) is 0.929. The molecule has 0 aliphatic carbocycles. The van der Waals surface area contributed by atoms with Crippen LogP contribution in [0.1, 0.15) is 348 Å². The monoisotopic (exact) mass is 1150 g/mol. The highest BCUT2D eigenvalue weighted by molar-refractivity contribution is 5.80. The number of unbranched alkanes of at least 4 members (excludes halogenated alkanes) is 46. The highest BCUT2D eigenvalue weighted by Crippen LogP contribution is 2.24. The van der Waals surface area contributed by atoms with Gasteiger partial charge in [0, 0.05) is 0 Å². The van der Waals surface area contributed by atoms with Crippen molar-refractivity contribution in [1.29, 1.82) is 0 Å². The molecule has 0 aromatic rings. The number of nitrogens with one attached hydrogen (secondary N) is 1. The fourth-order valence-corrected chi connectivity index (χ4v) is 11.6. The third-order valence-electron chi connectivity index (χ3n) is 17.3. The molecule has 1 heterocycles. The molecule has 1 amide bonds. The van der Waals surface area contributed by atoms with Crippen LogP contribution in [0.25, 0.3) is 0 Å². The molecule has 11 heteroatoms. The lowest BCUT2D eigenvalue weighted by Gasteiger charge is -2.40. The predicted octanol–water partition coefficient (Wildman–Crippen LogP) is 16.8. The van der Waals surface area contributed by atoms with Crippen molar-refractivity contribution in [3.8, 4) is 0 Å². The Labute approximate surface area is 499 Å². The number of allylic oxidation sites excluding steroid dienone is 4. The quantitative estimate of drug-likeness (QED) is 0.0215. The summed E-state index contributed by atoms with van der Waals surface area (Å²) in [6.07, 6.45) is 62.5. The van der Waals surface area contributed by atoms with Gasteiger partial charge in [-0.25, -0.2) is 0 Å². The van der Waals surface area contributed by atoms with Crippen molar-refractivity contribution >= 4 is 5.91 Å². The molecule has 81 heavy (non-hydrogen) atoms. The van der Waals surface area contributed by atoms with Crippen LogP contribution in [0.5, 0.6) is 0 Å². The van der Waals surface area contributed by atoms with Crippen LogP contribution < -0.4 is 5.32 Å². The van der Waals surface area contributed by atoms with Crippen LogP contribution in [0.4, 0.5) is 0 Å². The zero-order valence-corrected chi connectivity index (χ0v) is 53.0. The number of ether oxygens (including phenoxy) is 2. The molecule has 480 valence electrons. The van der Waals surface area contributed by atoms with Crippen molar-refractivity contribution < 1.29 is 50.0 Å². The van der Waals surface area contributed by atoms with Crippen LogP contribution in [0.15, 0.2) is 24.3 Å². The molecule has 1 aliphatic heterocycles. The Morgan fingerprint density at radius 2 is 0.753 bits per heavy atom. The molecule has 9 unspecified atom stereocenters. The first-order chi connectivity index (χ1) is 39.7. The Kier molecular flexibility index (Phi) is 56.5. The molecule has 0 spiro atoms. The minimum Gasteiger partial charge on any atom is -0.394 e. The third-order valence-corrected chi connectivity index (χ3v) is 17.3. The van der Waals surface area contributed by atoms with E-state index in [4.69, 9.17) is 9.47 Å². The maximum atomic E-state index is 13.3. The summed E-state index contributed by atoms with van der Waals surface area (Å²) in [5, 5.41) is 76.6. The van der Waals surface area contributed by atoms with Gasteiger partial charge in [-0.3, -0.25) is 4.79 Å². The van der Waals surface area contributed by atoms with Crippen LogP contribution in [-0.2, 0) is 14.3 Å². The van der Waals surface area contributed by atoms with Crippen LogP contribution in [0.2, 0.25) is 0 Å². The van der Waals surface area contributed by atoms with Crippen molar-refractivity contribution in [2.24, 2.45) is 0 Å². The number of hydrogen-bond acceptors (Lipinski definition) is 10. The number of aliphatic hydroxyl groups is 7. The van der Waals surface area contributed by atoms with Gasteiger partial charge in [-0.2, -0.15) is 0 Å². The van der Waals surface area contributed by atoms with E-state index < -0.39 is 74.2 Å². The van der Waals surface area contributed by atoms with E-state index in [0.29, 0.717) is 19.3 Å². The second-order valence-electron chi connectivity index (χ2n) is 25.0. The number of hydrogen-bond donors (Lipinski definition) is 8. The zero-order chi connectivity index (χ0) is 58.9. The minimum atomic E-state index is -1.66. The van der Waals surface area contributed by atoms with E-state index in [2.05, 4.69) is 43.5 Å². The van der Waals surface area contributed by atoms with Crippen LogP contribution in [0.3, 0.4) is 0 Å². The van der Waals surface area contributed by atoms with E-state index in [9.17, 15) is 40.5 Å². The summed E-state index contributed by atoms with van der Waals surface area (Å²) in [7, 11) is 0. The average molecular weight is 1150 g/mol. The molecule has 0 aromatic heterocycles. The Morgan fingerprint density at radius 3 is 1.10 bits per heavy atom. The van der Waals surface area contributed by atoms with Crippen molar-refractivity contribution in [2.75, 3.05) is 13.2 Å². The summed E-state index contributed by atoms with van der Waals surface area (Å²) in [6.45, 7) is 3.51. The van der Waals surface area contributed by atoms with Gasteiger partial charge in [-0.15, -0.1) is 0 Å². The molecular formula is C70H135NO10. The summed E-state index contributed by atoms with van der Waals surface area (Å²) in [6, 6.07) is -1.17. The molecule has 0 radical (unpaired) electrons. The summed E-state index contributed by atoms with van der Waals surface area (Å²) >= 11 is 0. The maximum Gasteiger partial charge on any atom is 0.249 e. The van der Waals surface area contributed by atoms with E-state index in [1.54, 1.807) is 0 Å². The molecule has 1 saturated heterocycles. The second-order valence-corrected chi connectivity index (χ2v) is 25.0. The highest BCUT2D eigenvalue weighted by Gasteiger charge is 2.44. The topological polar surface area (TPSA) is 189 Å². The lowest BCUT2D eigenvalue weighted by Crippen LogP contribution is -2.60. The van der Waals surface area contributed by atoms with Crippen molar-refractivity contribution in [2.45, 2.75) is 403 Å². The molecule has 9 atom stereocenters. The first-order valence-electron chi connectivity index (χ1n) is 35.2. The lowest BCUT2D eigenvalue weighted by molar-refractivity contribution is -0.303. The number of aliphatic hydroxyl groups excluding tert-OH is 7. The number of amides is 1. The molecular weight excluding hydrogens is 1010 g/mol. The smallest absolute Gasteiger partial charge is 0.249 e. The third kappa shape index (κ3) is 46.5. The van der Waals surface area contributed by atoms with E-state index in [1.165, 1.54) is 257 Å². The maximum absolute atomic E-state index is 13.3. The molecule has 8 N–H and O–H groups in total. The summed E-state index contributed by atoms with van der Waals surface area (Å²) in [4.78, 5) is 13.3. The average Bonchev–Trinajstić information content (AvgIpc) is 3.49. The highest BCUT2D eigenvalue weighted by atomic mass is 16.7. The van der Waals surface area contributed by atoms with Gasteiger partial charge in [0.2, 0.25) is 5.91 Å². The second kappa shape index (κ2) is 58.9. The van der Waals surface area contributed by atoms with E-state index in [0.717, 1.165) is 51.4 Å². The van der Waals surface area contributed by atoms with Gasteiger partial charge in [0.15, 0.2) is 6.29 Å². The molecule has 1 fully saturated rings. The summed E-state index contributed by atoms with van der Waals surface area (Å²) < 4.78 is 11.2. The van der Waals surface area contributed by atoms with Gasteiger partial charge < -0.3 is 50.5 Å². The van der Waals surface area contributed by atoms with Crippen molar-refractivity contribution in [1.82, 2.24) is 5.32 Å². The molecule has 0 bridgehead atoms. The molecule has 1 rings (SSSR count). The van der Waals surface area contributed by atoms with Crippen molar-refractivity contribution in [3.63, 3.8) is 0 Å². The first-order valence-corrected chi connectivity index (χ1v) is 35.2. The lowest BCUT2D eigenvalue weighted by atomic mass is 9.98. The Hall–Kier alpha value is -1.41. The van der Waals surface area contributed by atoms with Gasteiger partial charge in [-0.1, -0.05) is 327 Å². The molecule has 0 aromatic carbocycles. The van der Waals surface area contributed by atoms with Crippen molar-refractivity contribution in [3.05, 3.63) is 24.3 Å². The van der Waals surface area contributed by atoms with Gasteiger partial charge in [-0.05, 0) is 44.9 Å². The minimum absolute atomic E-state index is 0.258. The van der Waals surface area contributed by atoms with Gasteiger partial charge in [0.1, 0.15) is 36.6 Å². The van der Waals surface area contributed by atoms with Gasteiger partial charge >= 0.3 is 0 Å². The van der Waals surface area contributed by atoms with Crippen LogP contribution >= 0.6 is 0 Å². The largest absolute Gasteiger partial charge is 0.394 e. The normalized spacial score (nSPS) is 19.2. The Bertz CT molecular complexity index is 1370. The Balaban J connectivity index is 2.21.